The summed E-state index contributed by atoms with van der Waals surface area (Å²) in [5.74, 6) is 0.0393. The first-order valence-electron chi connectivity index (χ1n) is 5.26. The first-order chi connectivity index (χ1) is 7.66. The highest BCUT2D eigenvalue weighted by Gasteiger charge is 2.20. The largest absolute Gasteiger partial charge is 0.336 e. The summed E-state index contributed by atoms with van der Waals surface area (Å²) in [7, 11) is 2.06. The van der Waals surface area contributed by atoms with Gasteiger partial charge in [-0.2, -0.15) is 0 Å². The summed E-state index contributed by atoms with van der Waals surface area (Å²) in [6, 6.07) is 3.31. The molecule has 0 aromatic carbocycles. The first-order valence-corrected chi connectivity index (χ1v) is 5.64. The van der Waals surface area contributed by atoms with Crippen LogP contribution in [0.5, 0.6) is 0 Å². The predicted molar refractivity (Wildman–Crippen MR) is 62.6 cm³/mol. The molecule has 2 rings (SSSR count). The van der Waals surface area contributed by atoms with E-state index in [0.29, 0.717) is 10.7 Å². The number of pyridine rings is 1. The molecular weight excluding hydrogens is 226 g/mol. The van der Waals surface area contributed by atoms with Crippen LogP contribution in [0.15, 0.2) is 18.3 Å². The van der Waals surface area contributed by atoms with Gasteiger partial charge in [-0.3, -0.25) is 4.79 Å². The van der Waals surface area contributed by atoms with Crippen LogP contribution in [0.4, 0.5) is 0 Å². The van der Waals surface area contributed by atoms with Crippen LogP contribution in [0.1, 0.15) is 10.4 Å². The van der Waals surface area contributed by atoms with Crippen LogP contribution in [0, 0.1) is 0 Å². The lowest BCUT2D eigenvalue weighted by molar-refractivity contribution is 0.0664. The van der Waals surface area contributed by atoms with Gasteiger partial charge in [-0.15, -0.1) is 0 Å². The van der Waals surface area contributed by atoms with E-state index in [9.17, 15) is 4.79 Å². The zero-order valence-electron chi connectivity index (χ0n) is 9.19. The van der Waals surface area contributed by atoms with Gasteiger partial charge in [-0.1, -0.05) is 11.6 Å². The maximum Gasteiger partial charge on any atom is 0.254 e. The van der Waals surface area contributed by atoms with E-state index in [4.69, 9.17) is 11.6 Å². The number of amides is 1. The number of halogens is 1. The fourth-order valence-corrected chi connectivity index (χ4v) is 1.90. The van der Waals surface area contributed by atoms with Crippen LogP contribution in [0.3, 0.4) is 0 Å². The van der Waals surface area contributed by atoms with E-state index in [1.165, 1.54) is 0 Å². The fraction of sp³-hybridized carbons (Fsp3) is 0.455. The van der Waals surface area contributed by atoms with E-state index in [2.05, 4.69) is 16.9 Å². The highest BCUT2D eigenvalue weighted by atomic mass is 35.5. The standard InChI is InChI=1S/C11H14ClN3O/c1-14-4-6-15(7-5-14)11(16)9-2-3-13-10(12)8-9/h2-3,8H,4-7H2,1H3. The van der Waals surface area contributed by atoms with Crippen molar-refractivity contribution in [2.24, 2.45) is 0 Å². The Kier molecular flexibility index (Phi) is 3.41. The molecule has 0 radical (unpaired) electrons. The quantitative estimate of drug-likeness (QED) is 0.690. The van der Waals surface area contributed by atoms with E-state index >= 15 is 0 Å². The van der Waals surface area contributed by atoms with Gasteiger partial charge in [-0.05, 0) is 19.2 Å². The summed E-state index contributed by atoms with van der Waals surface area (Å²) in [5, 5.41) is 0.361. The van der Waals surface area contributed by atoms with Crippen LogP contribution in [0.2, 0.25) is 5.15 Å². The fourth-order valence-electron chi connectivity index (χ4n) is 1.73. The summed E-state index contributed by atoms with van der Waals surface area (Å²) in [6.45, 7) is 3.39. The van der Waals surface area contributed by atoms with Gasteiger partial charge in [0.2, 0.25) is 0 Å². The van der Waals surface area contributed by atoms with E-state index in [-0.39, 0.29) is 5.91 Å². The van der Waals surface area contributed by atoms with Crippen molar-refractivity contribution in [2.45, 2.75) is 0 Å². The number of nitrogens with zero attached hydrogens (tertiary/aromatic N) is 3. The van der Waals surface area contributed by atoms with Crippen molar-refractivity contribution >= 4 is 17.5 Å². The Bertz CT molecular complexity index is 389. The van der Waals surface area contributed by atoms with Crippen LogP contribution in [-0.2, 0) is 0 Å². The molecule has 1 aliphatic rings. The minimum Gasteiger partial charge on any atom is -0.336 e. The van der Waals surface area contributed by atoms with Gasteiger partial charge in [0.25, 0.3) is 5.91 Å². The Labute approximate surface area is 99.8 Å². The number of aromatic nitrogens is 1. The smallest absolute Gasteiger partial charge is 0.254 e. The molecule has 0 atom stereocenters. The third-order valence-electron chi connectivity index (χ3n) is 2.76. The van der Waals surface area contributed by atoms with Gasteiger partial charge < -0.3 is 9.80 Å². The number of carbonyl (C=O) groups is 1. The lowest BCUT2D eigenvalue weighted by Gasteiger charge is -2.32. The molecule has 0 unspecified atom stereocenters. The molecule has 0 spiro atoms. The molecule has 1 aromatic heterocycles. The van der Waals surface area contributed by atoms with Crippen LogP contribution in [0.25, 0.3) is 0 Å². The monoisotopic (exact) mass is 239 g/mol. The topological polar surface area (TPSA) is 36.4 Å². The van der Waals surface area contributed by atoms with Crippen LogP contribution < -0.4 is 0 Å². The summed E-state index contributed by atoms with van der Waals surface area (Å²) < 4.78 is 0. The number of carbonyl (C=O) groups excluding carboxylic acids is 1. The van der Waals surface area contributed by atoms with Crippen molar-refractivity contribution in [1.82, 2.24) is 14.8 Å². The lowest BCUT2D eigenvalue weighted by atomic mass is 10.2. The molecule has 1 saturated heterocycles. The maximum atomic E-state index is 12.1. The number of piperazine rings is 1. The first kappa shape index (κ1) is 11.4. The zero-order chi connectivity index (χ0) is 11.5. The summed E-state index contributed by atoms with van der Waals surface area (Å²) in [5.41, 5.74) is 0.615. The minimum absolute atomic E-state index is 0.0393. The maximum absolute atomic E-state index is 12.1. The SMILES string of the molecule is CN1CCN(C(=O)c2ccnc(Cl)c2)CC1. The Morgan fingerprint density at radius 2 is 2.06 bits per heavy atom. The average molecular weight is 240 g/mol. The molecule has 1 amide bonds. The van der Waals surface area contributed by atoms with Gasteiger partial charge in [0, 0.05) is 37.9 Å². The van der Waals surface area contributed by atoms with Gasteiger partial charge in [0.1, 0.15) is 5.15 Å². The van der Waals surface area contributed by atoms with Gasteiger partial charge in [0.15, 0.2) is 0 Å². The molecule has 4 nitrogen and oxygen atoms in total. The lowest BCUT2D eigenvalue weighted by Crippen LogP contribution is -2.47. The van der Waals surface area contributed by atoms with Crippen LogP contribution in [-0.4, -0.2) is 53.9 Å². The van der Waals surface area contributed by atoms with Crippen molar-refractivity contribution in [3.63, 3.8) is 0 Å². The Morgan fingerprint density at radius 1 is 1.38 bits per heavy atom. The second-order valence-corrected chi connectivity index (χ2v) is 4.35. The number of rotatable bonds is 1. The average Bonchev–Trinajstić information content (AvgIpc) is 2.29. The predicted octanol–water partition coefficient (Wildman–Crippen LogP) is 1.12. The normalized spacial score (nSPS) is 17.5. The van der Waals surface area contributed by atoms with E-state index in [0.717, 1.165) is 26.2 Å². The van der Waals surface area contributed by atoms with Crippen molar-refractivity contribution in [3.05, 3.63) is 29.0 Å². The molecule has 0 bridgehead atoms. The molecule has 1 aliphatic heterocycles. The molecular formula is C11H14ClN3O. The molecule has 16 heavy (non-hydrogen) atoms. The number of hydrogen-bond acceptors (Lipinski definition) is 3. The summed E-state index contributed by atoms with van der Waals surface area (Å²) in [4.78, 5) is 20.0. The molecule has 0 aliphatic carbocycles. The number of likely N-dealkylation sites (N-methyl/N-ethyl adjacent to an activating group) is 1. The highest BCUT2D eigenvalue weighted by molar-refractivity contribution is 6.29. The van der Waals surface area contributed by atoms with Gasteiger partial charge >= 0.3 is 0 Å². The zero-order valence-corrected chi connectivity index (χ0v) is 9.94. The second kappa shape index (κ2) is 4.80. The minimum atomic E-state index is 0.0393. The second-order valence-electron chi connectivity index (χ2n) is 3.96. The third-order valence-corrected chi connectivity index (χ3v) is 2.97. The van der Waals surface area contributed by atoms with E-state index < -0.39 is 0 Å². The summed E-state index contributed by atoms with van der Waals surface area (Å²) >= 11 is 5.76. The van der Waals surface area contributed by atoms with Gasteiger partial charge in [0.05, 0.1) is 0 Å². The molecule has 86 valence electrons. The Morgan fingerprint density at radius 3 is 2.69 bits per heavy atom. The van der Waals surface area contributed by atoms with Crippen molar-refractivity contribution in [2.75, 3.05) is 33.2 Å². The molecule has 2 heterocycles. The molecule has 0 saturated carbocycles. The highest BCUT2D eigenvalue weighted by Crippen LogP contribution is 2.11. The van der Waals surface area contributed by atoms with Crippen molar-refractivity contribution in [3.8, 4) is 0 Å². The van der Waals surface area contributed by atoms with Crippen molar-refractivity contribution < 1.29 is 4.79 Å². The molecule has 1 fully saturated rings. The third kappa shape index (κ3) is 2.51. The molecule has 0 N–H and O–H groups in total. The molecule has 1 aromatic rings. The van der Waals surface area contributed by atoms with Crippen LogP contribution >= 0.6 is 11.6 Å². The summed E-state index contributed by atoms with van der Waals surface area (Å²) in [6.07, 6.45) is 1.56. The Hall–Kier alpha value is -1.13. The number of hydrogen-bond donors (Lipinski definition) is 0. The van der Waals surface area contributed by atoms with E-state index in [1.807, 2.05) is 4.90 Å². The molecule has 5 heteroatoms. The van der Waals surface area contributed by atoms with E-state index in [1.54, 1.807) is 18.3 Å². The van der Waals surface area contributed by atoms with Crippen molar-refractivity contribution in [1.29, 1.82) is 0 Å². The van der Waals surface area contributed by atoms with Gasteiger partial charge in [-0.25, -0.2) is 4.98 Å². The Balaban J connectivity index is 2.08.